The first-order valence-electron chi connectivity index (χ1n) is 6.16. The van der Waals surface area contributed by atoms with Gasteiger partial charge in [0.25, 0.3) is 0 Å². The van der Waals surface area contributed by atoms with E-state index in [-0.39, 0.29) is 17.6 Å². The third kappa shape index (κ3) is 3.08. The topological polar surface area (TPSA) is 62.8 Å². The Morgan fingerprint density at radius 2 is 2.32 bits per heavy atom. The molecule has 0 amide bonds. The third-order valence-corrected chi connectivity index (χ3v) is 2.90. The predicted octanol–water partition coefficient (Wildman–Crippen LogP) is 1.85. The van der Waals surface area contributed by atoms with Crippen LogP contribution in [0, 0.1) is 5.82 Å². The maximum atomic E-state index is 14.1. The molecule has 0 saturated heterocycles. The molecule has 1 heterocycles. The van der Waals surface area contributed by atoms with Gasteiger partial charge in [0.15, 0.2) is 11.6 Å². The van der Waals surface area contributed by atoms with Crippen LogP contribution in [0.3, 0.4) is 0 Å². The number of aromatic amines is 1. The molecule has 0 aliphatic heterocycles. The smallest absolute Gasteiger partial charge is 0.168 e. The van der Waals surface area contributed by atoms with Gasteiger partial charge in [-0.15, -0.1) is 0 Å². The number of hydrogen-bond donors (Lipinski definition) is 2. The lowest BCUT2D eigenvalue weighted by molar-refractivity contribution is 0.382. The Morgan fingerprint density at radius 1 is 1.47 bits per heavy atom. The quantitative estimate of drug-likeness (QED) is 0.835. The Bertz CT molecular complexity index is 515. The van der Waals surface area contributed by atoms with Gasteiger partial charge in [0.05, 0.1) is 13.2 Å². The molecule has 0 fully saturated rings. The van der Waals surface area contributed by atoms with Crippen LogP contribution in [0.2, 0.25) is 0 Å². The lowest BCUT2D eigenvalue weighted by atomic mass is 10.0. The highest BCUT2D eigenvalue weighted by atomic mass is 19.1. The average Bonchev–Trinajstić information content (AvgIpc) is 2.94. The molecule has 5 nitrogen and oxygen atoms in total. The van der Waals surface area contributed by atoms with Gasteiger partial charge in [-0.3, -0.25) is 5.10 Å². The van der Waals surface area contributed by atoms with Gasteiger partial charge in [0.2, 0.25) is 0 Å². The number of aromatic nitrogens is 3. The van der Waals surface area contributed by atoms with E-state index in [1.807, 2.05) is 6.92 Å². The number of nitrogens with one attached hydrogen (secondary N) is 2. The summed E-state index contributed by atoms with van der Waals surface area (Å²) in [6.07, 6.45) is 1.92. The molecule has 0 bridgehead atoms. The maximum absolute atomic E-state index is 14.1. The van der Waals surface area contributed by atoms with Crippen molar-refractivity contribution < 1.29 is 9.13 Å². The highest BCUT2D eigenvalue weighted by Gasteiger charge is 2.17. The lowest BCUT2D eigenvalue weighted by Crippen LogP contribution is -2.24. The van der Waals surface area contributed by atoms with Crippen LogP contribution in [0.4, 0.5) is 4.39 Å². The minimum Gasteiger partial charge on any atom is -0.494 e. The van der Waals surface area contributed by atoms with E-state index in [9.17, 15) is 4.39 Å². The molecular weight excluding hydrogens is 247 g/mol. The van der Waals surface area contributed by atoms with Gasteiger partial charge in [0.1, 0.15) is 12.2 Å². The molecule has 102 valence electrons. The molecule has 2 aromatic rings. The van der Waals surface area contributed by atoms with Crippen LogP contribution in [0.5, 0.6) is 5.75 Å². The summed E-state index contributed by atoms with van der Waals surface area (Å²) >= 11 is 0. The minimum atomic E-state index is -0.326. The number of halogens is 1. The fourth-order valence-electron chi connectivity index (χ4n) is 1.99. The molecule has 1 aromatic carbocycles. The van der Waals surface area contributed by atoms with E-state index in [1.54, 1.807) is 18.2 Å². The number of hydrogen-bond acceptors (Lipinski definition) is 4. The van der Waals surface area contributed by atoms with E-state index in [2.05, 4.69) is 20.5 Å². The van der Waals surface area contributed by atoms with Crippen LogP contribution in [0.1, 0.15) is 24.4 Å². The zero-order valence-corrected chi connectivity index (χ0v) is 11.0. The second kappa shape index (κ2) is 6.29. The summed E-state index contributed by atoms with van der Waals surface area (Å²) in [6.45, 7) is 2.75. The summed E-state index contributed by atoms with van der Waals surface area (Å²) in [5.41, 5.74) is 0.585. The standard InChI is InChI=1S/C13H17FN4O/c1-3-15-10(13-16-8-17-18-13)7-9-5-4-6-11(19-2)12(9)14/h4-6,8,10,15H,3,7H2,1-2H3,(H,16,17,18). The molecule has 1 aromatic heterocycles. The van der Waals surface area contributed by atoms with Crippen molar-refractivity contribution in [2.24, 2.45) is 0 Å². The Kier molecular flexibility index (Phi) is 4.46. The van der Waals surface area contributed by atoms with Crippen molar-refractivity contribution in [2.45, 2.75) is 19.4 Å². The number of ether oxygens (including phenoxy) is 1. The van der Waals surface area contributed by atoms with Crippen molar-refractivity contribution >= 4 is 0 Å². The van der Waals surface area contributed by atoms with Crippen molar-refractivity contribution in [1.29, 1.82) is 0 Å². The van der Waals surface area contributed by atoms with Crippen molar-refractivity contribution in [3.63, 3.8) is 0 Å². The molecule has 1 atom stereocenters. The van der Waals surface area contributed by atoms with Gasteiger partial charge in [-0.25, -0.2) is 9.37 Å². The van der Waals surface area contributed by atoms with Crippen LogP contribution in [0.25, 0.3) is 0 Å². The Hall–Kier alpha value is -1.95. The maximum Gasteiger partial charge on any atom is 0.168 e. The van der Waals surface area contributed by atoms with Gasteiger partial charge in [-0.05, 0) is 24.6 Å². The van der Waals surface area contributed by atoms with Crippen molar-refractivity contribution in [1.82, 2.24) is 20.5 Å². The fourth-order valence-corrected chi connectivity index (χ4v) is 1.99. The first-order valence-corrected chi connectivity index (χ1v) is 6.16. The molecule has 2 N–H and O–H groups in total. The molecule has 0 radical (unpaired) electrons. The highest BCUT2D eigenvalue weighted by molar-refractivity contribution is 5.31. The first-order chi connectivity index (χ1) is 9.26. The summed E-state index contributed by atoms with van der Waals surface area (Å²) < 4.78 is 19.1. The number of likely N-dealkylation sites (N-methyl/N-ethyl adjacent to an activating group) is 1. The van der Waals surface area contributed by atoms with Gasteiger partial charge >= 0.3 is 0 Å². The fraction of sp³-hybridized carbons (Fsp3) is 0.385. The zero-order chi connectivity index (χ0) is 13.7. The Labute approximate surface area is 111 Å². The second-order valence-electron chi connectivity index (χ2n) is 4.12. The molecule has 0 aliphatic rings. The highest BCUT2D eigenvalue weighted by Crippen LogP contribution is 2.23. The molecule has 2 rings (SSSR count). The van der Waals surface area contributed by atoms with E-state index in [1.165, 1.54) is 13.4 Å². The van der Waals surface area contributed by atoms with Crippen molar-refractivity contribution in [2.75, 3.05) is 13.7 Å². The van der Waals surface area contributed by atoms with Crippen LogP contribution in [0.15, 0.2) is 24.5 Å². The Morgan fingerprint density at radius 3 is 2.95 bits per heavy atom. The van der Waals surface area contributed by atoms with Crippen LogP contribution in [-0.2, 0) is 6.42 Å². The largest absolute Gasteiger partial charge is 0.494 e. The molecule has 0 spiro atoms. The van der Waals surface area contributed by atoms with E-state index in [4.69, 9.17) is 4.74 Å². The number of nitrogens with zero attached hydrogens (tertiary/aromatic N) is 2. The number of methoxy groups -OCH3 is 1. The van der Waals surface area contributed by atoms with Gasteiger partial charge < -0.3 is 10.1 Å². The van der Waals surface area contributed by atoms with Crippen LogP contribution in [-0.4, -0.2) is 28.8 Å². The van der Waals surface area contributed by atoms with Crippen LogP contribution < -0.4 is 10.1 Å². The average molecular weight is 264 g/mol. The Balaban J connectivity index is 2.22. The summed E-state index contributed by atoms with van der Waals surface area (Å²) in [7, 11) is 1.46. The number of benzene rings is 1. The van der Waals surface area contributed by atoms with Crippen LogP contribution >= 0.6 is 0 Å². The van der Waals surface area contributed by atoms with E-state index in [0.717, 1.165) is 6.54 Å². The number of H-pyrrole nitrogens is 1. The number of rotatable bonds is 6. The third-order valence-electron chi connectivity index (χ3n) is 2.90. The van der Waals surface area contributed by atoms with Gasteiger partial charge in [0, 0.05) is 0 Å². The molecule has 6 heteroatoms. The lowest BCUT2D eigenvalue weighted by Gasteiger charge is -2.16. The minimum absolute atomic E-state index is 0.103. The van der Waals surface area contributed by atoms with Gasteiger partial charge in [-0.2, -0.15) is 5.10 Å². The molecule has 0 aliphatic carbocycles. The summed E-state index contributed by atoms with van der Waals surface area (Å²) in [4.78, 5) is 4.12. The monoisotopic (exact) mass is 264 g/mol. The van der Waals surface area contributed by atoms with Crippen molar-refractivity contribution in [3.8, 4) is 5.75 Å². The normalized spacial score (nSPS) is 12.4. The second-order valence-corrected chi connectivity index (χ2v) is 4.12. The predicted molar refractivity (Wildman–Crippen MR) is 69.5 cm³/mol. The van der Waals surface area contributed by atoms with Crippen molar-refractivity contribution in [3.05, 3.63) is 41.7 Å². The molecule has 0 saturated carbocycles. The van der Waals surface area contributed by atoms with E-state index >= 15 is 0 Å². The zero-order valence-electron chi connectivity index (χ0n) is 11.0. The summed E-state index contributed by atoms with van der Waals surface area (Å²) in [5.74, 6) is 0.627. The van der Waals surface area contributed by atoms with Gasteiger partial charge in [-0.1, -0.05) is 19.1 Å². The first kappa shape index (κ1) is 13.5. The molecular formula is C13H17FN4O. The molecule has 19 heavy (non-hydrogen) atoms. The van der Waals surface area contributed by atoms with E-state index < -0.39 is 0 Å². The van der Waals surface area contributed by atoms with E-state index in [0.29, 0.717) is 17.8 Å². The summed E-state index contributed by atoms with van der Waals surface area (Å²) in [6, 6.07) is 5.03. The summed E-state index contributed by atoms with van der Waals surface area (Å²) in [5, 5.41) is 9.90. The molecule has 1 unspecified atom stereocenters. The SMILES string of the molecule is CCNC(Cc1cccc(OC)c1F)c1ncn[nH]1.